The molecule has 0 aromatic heterocycles. The maximum atomic E-state index is 12.4. The summed E-state index contributed by atoms with van der Waals surface area (Å²) in [5, 5.41) is 6.39. The molecule has 0 bridgehead atoms. The number of halogens is 2. The van der Waals surface area contributed by atoms with Crippen molar-refractivity contribution in [3.8, 4) is 5.75 Å². The molecule has 0 spiro atoms. The fourth-order valence-corrected chi connectivity index (χ4v) is 3.18. The van der Waals surface area contributed by atoms with Crippen molar-refractivity contribution in [3.63, 3.8) is 0 Å². The van der Waals surface area contributed by atoms with E-state index < -0.39 is 6.10 Å². The van der Waals surface area contributed by atoms with Gasteiger partial charge < -0.3 is 15.4 Å². The lowest BCUT2D eigenvalue weighted by Crippen LogP contribution is -2.30. The maximum Gasteiger partial charge on any atom is 0.265 e. The summed E-state index contributed by atoms with van der Waals surface area (Å²) in [5.74, 6) is -0.114. The van der Waals surface area contributed by atoms with E-state index in [1.807, 2.05) is 31.2 Å². The molecule has 0 heterocycles. The number of ether oxygens (including phenoxy) is 1. The van der Waals surface area contributed by atoms with Gasteiger partial charge in [0.05, 0.1) is 0 Å². The second kappa shape index (κ2) is 9.65. The molecule has 0 saturated heterocycles. The predicted octanol–water partition coefficient (Wildman–Crippen LogP) is 5.96. The molecule has 7 heteroatoms. The van der Waals surface area contributed by atoms with Gasteiger partial charge in [0.1, 0.15) is 5.75 Å². The van der Waals surface area contributed by atoms with E-state index in [-0.39, 0.29) is 11.8 Å². The molecule has 2 amide bonds. The quantitative estimate of drug-likeness (QED) is 0.494. The lowest BCUT2D eigenvalue weighted by molar-refractivity contribution is -0.122. The number of hydrogen-bond donors (Lipinski definition) is 2. The van der Waals surface area contributed by atoms with Crippen LogP contribution >= 0.6 is 23.2 Å². The molecular formula is C23H20Cl2N2O3. The van der Waals surface area contributed by atoms with Crippen molar-refractivity contribution >= 4 is 46.4 Å². The van der Waals surface area contributed by atoms with Crippen molar-refractivity contribution < 1.29 is 14.3 Å². The number of aryl methyl sites for hydroxylation is 1. The Morgan fingerprint density at radius 1 is 0.833 bits per heavy atom. The number of nitrogens with one attached hydrogen (secondary N) is 2. The van der Waals surface area contributed by atoms with Crippen LogP contribution in [-0.4, -0.2) is 17.9 Å². The topological polar surface area (TPSA) is 67.4 Å². The Hall–Kier alpha value is -3.02. The first-order valence-electron chi connectivity index (χ1n) is 9.22. The maximum absolute atomic E-state index is 12.4. The molecular weight excluding hydrogens is 423 g/mol. The van der Waals surface area contributed by atoms with E-state index in [0.29, 0.717) is 27.0 Å². The molecule has 0 aliphatic rings. The molecule has 30 heavy (non-hydrogen) atoms. The minimum Gasteiger partial charge on any atom is -0.481 e. The Morgan fingerprint density at radius 3 is 2.03 bits per heavy atom. The third-order valence-corrected chi connectivity index (χ3v) is 4.67. The smallest absolute Gasteiger partial charge is 0.265 e. The second-order valence-corrected chi connectivity index (χ2v) is 7.62. The van der Waals surface area contributed by atoms with Gasteiger partial charge in [0.25, 0.3) is 11.8 Å². The molecule has 1 atom stereocenters. The summed E-state index contributed by atoms with van der Waals surface area (Å²) in [4.78, 5) is 24.7. The highest BCUT2D eigenvalue weighted by Gasteiger charge is 2.16. The molecule has 0 aliphatic heterocycles. The minimum absolute atomic E-state index is 0.228. The molecule has 0 radical (unpaired) electrons. The van der Waals surface area contributed by atoms with Crippen molar-refractivity contribution in [1.82, 2.24) is 0 Å². The van der Waals surface area contributed by atoms with Gasteiger partial charge in [-0.15, -0.1) is 0 Å². The number of amides is 2. The summed E-state index contributed by atoms with van der Waals surface area (Å²) < 4.78 is 5.67. The Labute approximate surface area is 185 Å². The van der Waals surface area contributed by atoms with Crippen LogP contribution in [0.3, 0.4) is 0 Å². The standard InChI is InChI=1S/C23H20Cl2N2O3/c1-14-3-7-19(8-4-14)26-23(29)16-5-9-21(10-6-16)30-15(2)22(28)27-20-12-17(24)11-18(25)13-20/h3-13,15H,1-2H3,(H,26,29)(H,27,28). The van der Waals surface area contributed by atoms with Crippen LogP contribution in [0.5, 0.6) is 5.75 Å². The fraction of sp³-hybridized carbons (Fsp3) is 0.130. The van der Waals surface area contributed by atoms with Crippen LogP contribution in [0.4, 0.5) is 11.4 Å². The number of carbonyl (C=O) groups is 2. The van der Waals surface area contributed by atoms with E-state index in [4.69, 9.17) is 27.9 Å². The summed E-state index contributed by atoms with van der Waals surface area (Å²) in [6.07, 6.45) is -0.769. The third kappa shape index (κ3) is 5.99. The van der Waals surface area contributed by atoms with Gasteiger partial charge in [-0.05, 0) is 68.4 Å². The monoisotopic (exact) mass is 442 g/mol. The number of anilines is 2. The lowest BCUT2D eigenvalue weighted by atomic mass is 10.2. The third-order valence-electron chi connectivity index (χ3n) is 4.24. The van der Waals surface area contributed by atoms with Crippen molar-refractivity contribution in [2.75, 3.05) is 10.6 Å². The van der Waals surface area contributed by atoms with Gasteiger partial charge in [0.2, 0.25) is 0 Å². The first-order chi connectivity index (χ1) is 14.3. The van der Waals surface area contributed by atoms with E-state index in [0.717, 1.165) is 11.3 Å². The summed E-state index contributed by atoms with van der Waals surface area (Å²) in [6.45, 7) is 3.61. The highest BCUT2D eigenvalue weighted by atomic mass is 35.5. The first-order valence-corrected chi connectivity index (χ1v) is 9.97. The molecule has 3 rings (SSSR count). The molecule has 3 aromatic carbocycles. The fourth-order valence-electron chi connectivity index (χ4n) is 2.65. The molecule has 154 valence electrons. The number of benzene rings is 3. The van der Waals surface area contributed by atoms with Crippen LogP contribution in [0.1, 0.15) is 22.8 Å². The minimum atomic E-state index is -0.769. The largest absolute Gasteiger partial charge is 0.481 e. The van der Waals surface area contributed by atoms with E-state index in [1.54, 1.807) is 49.4 Å². The molecule has 0 saturated carbocycles. The van der Waals surface area contributed by atoms with E-state index >= 15 is 0 Å². The Morgan fingerprint density at radius 2 is 1.43 bits per heavy atom. The first kappa shape index (κ1) is 21.7. The zero-order valence-corrected chi connectivity index (χ0v) is 17.9. The Kier molecular flexibility index (Phi) is 6.98. The van der Waals surface area contributed by atoms with Gasteiger partial charge in [0, 0.05) is 27.0 Å². The van der Waals surface area contributed by atoms with E-state index in [9.17, 15) is 9.59 Å². The van der Waals surface area contributed by atoms with Crippen molar-refractivity contribution in [2.24, 2.45) is 0 Å². The normalized spacial score (nSPS) is 11.5. The van der Waals surface area contributed by atoms with Crippen LogP contribution in [0.2, 0.25) is 10.0 Å². The molecule has 1 unspecified atom stereocenters. The SMILES string of the molecule is Cc1ccc(NC(=O)c2ccc(OC(C)C(=O)Nc3cc(Cl)cc(Cl)c3)cc2)cc1. The molecule has 0 aliphatic carbocycles. The van der Waals surface area contributed by atoms with Crippen molar-refractivity contribution in [3.05, 3.63) is 87.9 Å². The summed E-state index contributed by atoms with van der Waals surface area (Å²) in [5.41, 5.74) is 2.80. The second-order valence-electron chi connectivity index (χ2n) is 6.75. The number of hydrogen-bond acceptors (Lipinski definition) is 3. The predicted molar refractivity (Wildman–Crippen MR) is 121 cm³/mol. The highest BCUT2D eigenvalue weighted by Crippen LogP contribution is 2.23. The van der Waals surface area contributed by atoms with Crippen LogP contribution in [-0.2, 0) is 4.79 Å². The molecule has 3 aromatic rings. The van der Waals surface area contributed by atoms with E-state index in [2.05, 4.69) is 10.6 Å². The van der Waals surface area contributed by atoms with Gasteiger partial charge >= 0.3 is 0 Å². The van der Waals surface area contributed by atoms with Crippen LogP contribution in [0.25, 0.3) is 0 Å². The number of rotatable bonds is 6. The molecule has 2 N–H and O–H groups in total. The van der Waals surface area contributed by atoms with Gasteiger partial charge in [-0.2, -0.15) is 0 Å². The van der Waals surface area contributed by atoms with Crippen LogP contribution < -0.4 is 15.4 Å². The average Bonchev–Trinajstić information content (AvgIpc) is 2.69. The van der Waals surface area contributed by atoms with Gasteiger partial charge in [-0.25, -0.2) is 0 Å². The average molecular weight is 443 g/mol. The summed E-state index contributed by atoms with van der Waals surface area (Å²) in [6, 6.07) is 18.9. The lowest BCUT2D eigenvalue weighted by Gasteiger charge is -2.15. The van der Waals surface area contributed by atoms with Gasteiger partial charge in [0.15, 0.2) is 6.10 Å². The highest BCUT2D eigenvalue weighted by molar-refractivity contribution is 6.35. The van der Waals surface area contributed by atoms with Crippen molar-refractivity contribution in [2.45, 2.75) is 20.0 Å². The Bertz CT molecular complexity index is 1030. The molecule has 0 fully saturated rings. The van der Waals surface area contributed by atoms with Crippen molar-refractivity contribution in [1.29, 1.82) is 0 Å². The molecule has 5 nitrogen and oxygen atoms in total. The summed E-state index contributed by atoms with van der Waals surface area (Å²) in [7, 11) is 0. The van der Waals surface area contributed by atoms with E-state index in [1.165, 1.54) is 0 Å². The van der Waals surface area contributed by atoms with Gasteiger partial charge in [-0.3, -0.25) is 9.59 Å². The Balaban J connectivity index is 1.58. The summed E-state index contributed by atoms with van der Waals surface area (Å²) >= 11 is 11.9. The van der Waals surface area contributed by atoms with Crippen LogP contribution in [0.15, 0.2) is 66.7 Å². The van der Waals surface area contributed by atoms with Gasteiger partial charge in [-0.1, -0.05) is 40.9 Å². The number of carbonyl (C=O) groups excluding carboxylic acids is 2. The zero-order valence-electron chi connectivity index (χ0n) is 16.4. The zero-order chi connectivity index (χ0) is 21.7. The van der Waals surface area contributed by atoms with Crippen LogP contribution in [0, 0.1) is 6.92 Å².